The quantitative estimate of drug-likeness (QED) is 0.838. The molecular weight excluding hydrogens is 257 g/mol. The molecule has 20 heavy (non-hydrogen) atoms. The summed E-state index contributed by atoms with van der Waals surface area (Å²) < 4.78 is 13.3. The van der Waals surface area contributed by atoms with Crippen molar-refractivity contribution >= 4 is 11.8 Å². The number of carbonyl (C=O) groups is 2. The number of nitrogens with one attached hydrogen (secondary N) is 1. The number of amides is 2. The average molecular weight is 271 g/mol. The van der Waals surface area contributed by atoms with Crippen LogP contribution in [0.4, 0.5) is 4.39 Å². The topological polar surface area (TPSA) is 46.2 Å². The molecule has 2 unspecified atom stereocenters. The highest BCUT2D eigenvalue weighted by Gasteiger charge is 2.58. The maximum absolute atomic E-state index is 13.3. The van der Waals surface area contributed by atoms with Gasteiger partial charge < -0.3 is 0 Å². The number of hydrogen-bond acceptors (Lipinski definition) is 2. The zero-order chi connectivity index (χ0) is 13.9. The standard InChI is InChI=1S/C16H14FNO2/c17-8-10-3-1-2-4-11(10)16-6-5-9(7-16)12-13(16)15(20)18-14(12)19/h1-4,9H,5-8H2,(H,18,19,20). The molecule has 0 aromatic heterocycles. The molecule has 0 radical (unpaired) electrons. The predicted molar refractivity (Wildman–Crippen MR) is 70.4 cm³/mol. The fourth-order valence-corrected chi connectivity index (χ4v) is 4.34. The molecule has 1 aromatic rings. The highest BCUT2D eigenvalue weighted by Crippen LogP contribution is 2.60. The molecule has 0 saturated heterocycles. The van der Waals surface area contributed by atoms with Crippen molar-refractivity contribution < 1.29 is 14.0 Å². The predicted octanol–water partition coefficient (Wildman–Crippen LogP) is 2.16. The van der Waals surface area contributed by atoms with Gasteiger partial charge in [-0.2, -0.15) is 0 Å². The van der Waals surface area contributed by atoms with Crippen LogP contribution in [-0.2, 0) is 21.7 Å². The van der Waals surface area contributed by atoms with Gasteiger partial charge in [-0.05, 0) is 36.3 Å². The molecule has 1 aliphatic heterocycles. The molecule has 2 aliphatic carbocycles. The normalized spacial score (nSPS) is 30.9. The van der Waals surface area contributed by atoms with Crippen LogP contribution < -0.4 is 5.32 Å². The van der Waals surface area contributed by atoms with E-state index in [9.17, 15) is 14.0 Å². The van der Waals surface area contributed by atoms with E-state index >= 15 is 0 Å². The van der Waals surface area contributed by atoms with E-state index in [0.717, 1.165) is 24.8 Å². The van der Waals surface area contributed by atoms with Crippen LogP contribution in [0, 0.1) is 5.92 Å². The Bertz CT molecular complexity index is 679. The number of benzene rings is 1. The molecule has 3 nitrogen and oxygen atoms in total. The molecule has 0 spiro atoms. The van der Waals surface area contributed by atoms with Crippen LogP contribution in [0.1, 0.15) is 30.4 Å². The van der Waals surface area contributed by atoms with Gasteiger partial charge in [0.2, 0.25) is 0 Å². The van der Waals surface area contributed by atoms with Gasteiger partial charge in [0.05, 0.1) is 0 Å². The Labute approximate surface area is 115 Å². The minimum atomic E-state index is -0.541. The highest BCUT2D eigenvalue weighted by molar-refractivity contribution is 6.21. The Morgan fingerprint density at radius 3 is 2.85 bits per heavy atom. The number of imide groups is 1. The summed E-state index contributed by atoms with van der Waals surface area (Å²) in [4.78, 5) is 24.1. The summed E-state index contributed by atoms with van der Waals surface area (Å²) >= 11 is 0. The first-order valence-corrected chi connectivity index (χ1v) is 6.92. The van der Waals surface area contributed by atoms with Crippen LogP contribution >= 0.6 is 0 Å². The lowest BCUT2D eigenvalue weighted by Crippen LogP contribution is -2.33. The molecule has 1 saturated carbocycles. The zero-order valence-corrected chi connectivity index (χ0v) is 10.9. The third-order valence-corrected chi connectivity index (χ3v) is 5.05. The van der Waals surface area contributed by atoms with Gasteiger partial charge in [0.15, 0.2) is 0 Å². The monoisotopic (exact) mass is 271 g/mol. The number of hydrogen-bond donors (Lipinski definition) is 1. The summed E-state index contributed by atoms with van der Waals surface area (Å²) in [6.45, 7) is -0.541. The van der Waals surface area contributed by atoms with Gasteiger partial charge in [-0.15, -0.1) is 0 Å². The number of rotatable bonds is 2. The molecule has 4 heteroatoms. The molecule has 1 aromatic carbocycles. The van der Waals surface area contributed by atoms with Crippen LogP contribution in [0.25, 0.3) is 0 Å². The maximum atomic E-state index is 13.3. The molecule has 4 rings (SSSR count). The number of carbonyl (C=O) groups excluding carboxylic acids is 2. The van der Waals surface area contributed by atoms with Gasteiger partial charge in [-0.3, -0.25) is 14.9 Å². The van der Waals surface area contributed by atoms with Crippen molar-refractivity contribution in [3.05, 3.63) is 46.5 Å². The van der Waals surface area contributed by atoms with Crippen LogP contribution in [-0.4, -0.2) is 11.8 Å². The van der Waals surface area contributed by atoms with Crippen molar-refractivity contribution in [1.82, 2.24) is 5.32 Å². The summed E-state index contributed by atoms with van der Waals surface area (Å²) in [6.07, 6.45) is 2.50. The molecule has 1 N–H and O–H groups in total. The summed E-state index contributed by atoms with van der Waals surface area (Å²) in [5, 5.41) is 2.41. The van der Waals surface area contributed by atoms with E-state index < -0.39 is 12.1 Å². The smallest absolute Gasteiger partial charge is 0.255 e. The Morgan fingerprint density at radius 1 is 1.25 bits per heavy atom. The Hall–Kier alpha value is -1.97. The van der Waals surface area contributed by atoms with Crippen LogP contribution in [0.3, 0.4) is 0 Å². The second-order valence-corrected chi connectivity index (χ2v) is 5.88. The fraction of sp³-hybridized carbons (Fsp3) is 0.375. The Morgan fingerprint density at radius 2 is 2.05 bits per heavy atom. The minimum absolute atomic E-state index is 0.157. The van der Waals surface area contributed by atoms with Crippen molar-refractivity contribution in [2.45, 2.75) is 31.4 Å². The van der Waals surface area contributed by atoms with Crippen molar-refractivity contribution in [3.63, 3.8) is 0 Å². The Kier molecular flexibility index (Phi) is 2.23. The number of alkyl halides is 1. The van der Waals surface area contributed by atoms with Gasteiger partial charge in [0, 0.05) is 16.6 Å². The molecular formula is C16H14FNO2. The summed E-state index contributed by atoms with van der Waals surface area (Å²) in [7, 11) is 0. The summed E-state index contributed by atoms with van der Waals surface area (Å²) in [5.41, 5.74) is 2.35. The summed E-state index contributed by atoms with van der Waals surface area (Å²) in [5.74, 6) is -0.362. The molecule has 102 valence electrons. The lowest BCUT2D eigenvalue weighted by Gasteiger charge is -2.30. The largest absolute Gasteiger partial charge is 0.289 e. The van der Waals surface area contributed by atoms with Gasteiger partial charge in [-0.25, -0.2) is 4.39 Å². The van der Waals surface area contributed by atoms with Crippen LogP contribution in [0.5, 0.6) is 0 Å². The third-order valence-electron chi connectivity index (χ3n) is 5.05. The lowest BCUT2D eigenvalue weighted by atomic mass is 9.72. The van der Waals surface area contributed by atoms with Crippen molar-refractivity contribution in [2.24, 2.45) is 5.92 Å². The molecule has 2 atom stereocenters. The average Bonchev–Trinajstić information content (AvgIpc) is 3.11. The lowest BCUT2D eigenvalue weighted by molar-refractivity contribution is -0.124. The second-order valence-electron chi connectivity index (χ2n) is 5.88. The van der Waals surface area contributed by atoms with E-state index in [1.165, 1.54) is 0 Å². The minimum Gasteiger partial charge on any atom is -0.289 e. The van der Waals surface area contributed by atoms with E-state index in [4.69, 9.17) is 0 Å². The van der Waals surface area contributed by atoms with Crippen molar-refractivity contribution in [3.8, 4) is 0 Å². The first-order chi connectivity index (χ1) is 9.67. The SMILES string of the molecule is O=C1NC(=O)C2=C1C1CCC2(c2ccccc2CF)C1. The molecule has 3 aliphatic rings. The molecule has 2 amide bonds. The van der Waals surface area contributed by atoms with Gasteiger partial charge in [0.25, 0.3) is 11.8 Å². The molecule has 1 heterocycles. The second kappa shape index (κ2) is 3.78. The van der Waals surface area contributed by atoms with E-state index in [1.54, 1.807) is 6.07 Å². The van der Waals surface area contributed by atoms with Gasteiger partial charge >= 0.3 is 0 Å². The first kappa shape index (κ1) is 11.8. The molecule has 2 bridgehead atoms. The van der Waals surface area contributed by atoms with Gasteiger partial charge in [0.1, 0.15) is 6.67 Å². The van der Waals surface area contributed by atoms with E-state index in [-0.39, 0.29) is 17.7 Å². The Balaban J connectivity index is 1.95. The van der Waals surface area contributed by atoms with E-state index in [1.807, 2.05) is 18.2 Å². The first-order valence-electron chi connectivity index (χ1n) is 6.92. The zero-order valence-electron chi connectivity index (χ0n) is 10.9. The van der Waals surface area contributed by atoms with Gasteiger partial charge in [-0.1, -0.05) is 24.3 Å². The van der Waals surface area contributed by atoms with Crippen LogP contribution in [0.15, 0.2) is 35.4 Å². The van der Waals surface area contributed by atoms with E-state index in [2.05, 4.69) is 5.32 Å². The number of fused-ring (bicyclic) bond motifs is 4. The highest BCUT2D eigenvalue weighted by atomic mass is 19.1. The van der Waals surface area contributed by atoms with Crippen LogP contribution in [0.2, 0.25) is 0 Å². The number of halogens is 1. The summed E-state index contributed by atoms with van der Waals surface area (Å²) in [6, 6.07) is 7.36. The van der Waals surface area contributed by atoms with Crippen molar-refractivity contribution in [1.29, 1.82) is 0 Å². The third kappa shape index (κ3) is 1.24. The maximum Gasteiger partial charge on any atom is 0.255 e. The fourth-order valence-electron chi connectivity index (χ4n) is 4.34. The van der Waals surface area contributed by atoms with E-state index in [0.29, 0.717) is 16.7 Å². The van der Waals surface area contributed by atoms with Crippen molar-refractivity contribution in [2.75, 3.05) is 0 Å². The molecule has 1 fully saturated rings.